The van der Waals surface area contributed by atoms with E-state index in [1.165, 1.54) is 19.1 Å². The zero-order valence-corrected chi connectivity index (χ0v) is 14.1. The largest absolute Gasteiger partial charge is 0.444 e. The minimum atomic E-state index is -0.615. The van der Waals surface area contributed by atoms with Gasteiger partial charge in [-0.15, -0.1) is 0 Å². The van der Waals surface area contributed by atoms with Gasteiger partial charge in [-0.05, 0) is 20.8 Å². The molecule has 0 N–H and O–H groups in total. The van der Waals surface area contributed by atoms with E-state index in [0.29, 0.717) is 19.6 Å². The van der Waals surface area contributed by atoms with Crippen molar-refractivity contribution < 1.29 is 28.5 Å². The molecule has 0 aliphatic carbocycles. The lowest BCUT2D eigenvalue weighted by molar-refractivity contribution is -0.141. The van der Waals surface area contributed by atoms with Crippen LogP contribution in [0, 0.1) is 0 Å². The molecule has 7 heteroatoms. The van der Waals surface area contributed by atoms with Gasteiger partial charge in [-0.25, -0.2) is 4.79 Å². The molecule has 1 saturated heterocycles. The van der Waals surface area contributed by atoms with Gasteiger partial charge in [0.15, 0.2) is 12.1 Å². The van der Waals surface area contributed by atoms with E-state index in [0.717, 1.165) is 0 Å². The number of Topliss-reactive ketones (excluding diaryl/α,β-unsaturated/α-hetero) is 1. The van der Waals surface area contributed by atoms with Crippen molar-refractivity contribution in [2.75, 3.05) is 33.9 Å². The smallest absolute Gasteiger partial charge is 0.410 e. The van der Waals surface area contributed by atoms with Crippen LogP contribution in [0.3, 0.4) is 0 Å². The number of methoxy groups -OCH3 is 2. The van der Waals surface area contributed by atoms with Crippen LogP contribution in [0.1, 0.15) is 33.6 Å². The fraction of sp³-hybridized carbons (Fsp3) is 0.867. The summed E-state index contributed by atoms with van der Waals surface area (Å²) in [5.74, 6) is -0.0626. The van der Waals surface area contributed by atoms with Crippen LogP contribution in [-0.2, 0) is 23.7 Å². The van der Waals surface area contributed by atoms with Crippen LogP contribution < -0.4 is 0 Å². The third-order valence-electron chi connectivity index (χ3n) is 3.23. The molecule has 1 rings (SSSR count). The topological polar surface area (TPSA) is 74.3 Å². The van der Waals surface area contributed by atoms with Crippen molar-refractivity contribution >= 4 is 11.9 Å². The number of hydrogen-bond donors (Lipinski definition) is 0. The molecule has 1 aliphatic heterocycles. The minimum Gasteiger partial charge on any atom is -0.444 e. The molecule has 1 atom stereocenters. The highest BCUT2D eigenvalue weighted by Crippen LogP contribution is 2.15. The summed E-state index contributed by atoms with van der Waals surface area (Å²) in [6.07, 6.45) is -0.706. The van der Waals surface area contributed by atoms with Crippen LogP contribution in [0.25, 0.3) is 0 Å². The number of carbonyl (C=O) groups excluding carboxylic acids is 2. The van der Waals surface area contributed by atoms with E-state index in [1.54, 1.807) is 0 Å². The normalized spacial score (nSPS) is 19.4. The second-order valence-corrected chi connectivity index (χ2v) is 6.19. The van der Waals surface area contributed by atoms with Crippen molar-refractivity contribution in [3.05, 3.63) is 0 Å². The summed E-state index contributed by atoms with van der Waals surface area (Å²) in [5, 5.41) is 0. The van der Waals surface area contributed by atoms with Gasteiger partial charge in [-0.1, -0.05) is 0 Å². The van der Waals surface area contributed by atoms with E-state index in [9.17, 15) is 9.59 Å². The van der Waals surface area contributed by atoms with E-state index in [4.69, 9.17) is 18.9 Å². The molecule has 0 aromatic rings. The molecule has 0 bridgehead atoms. The van der Waals surface area contributed by atoms with Crippen LogP contribution in [0.2, 0.25) is 0 Å². The summed E-state index contributed by atoms with van der Waals surface area (Å²) in [7, 11) is 3.06. The summed E-state index contributed by atoms with van der Waals surface area (Å²) in [6, 6.07) is 0. The molecule has 1 heterocycles. The van der Waals surface area contributed by atoms with Gasteiger partial charge in [-0.3, -0.25) is 4.79 Å². The van der Waals surface area contributed by atoms with Crippen LogP contribution in [0.4, 0.5) is 4.79 Å². The van der Waals surface area contributed by atoms with E-state index in [2.05, 4.69) is 0 Å². The predicted octanol–water partition coefficient (Wildman–Crippen LogP) is 1.59. The average molecular weight is 317 g/mol. The van der Waals surface area contributed by atoms with Gasteiger partial charge in [0.2, 0.25) is 0 Å². The third-order valence-corrected chi connectivity index (χ3v) is 3.23. The molecule has 0 spiro atoms. The number of carbonyl (C=O) groups is 2. The van der Waals surface area contributed by atoms with E-state index < -0.39 is 24.1 Å². The first kappa shape index (κ1) is 18.9. The van der Waals surface area contributed by atoms with Crippen LogP contribution in [-0.4, -0.2) is 68.7 Å². The van der Waals surface area contributed by atoms with Crippen molar-refractivity contribution in [3.8, 4) is 0 Å². The van der Waals surface area contributed by atoms with Crippen molar-refractivity contribution in [2.45, 2.75) is 51.6 Å². The molecule has 0 saturated carbocycles. The van der Waals surface area contributed by atoms with Gasteiger partial charge in [0.25, 0.3) is 0 Å². The van der Waals surface area contributed by atoms with Crippen molar-refractivity contribution in [1.29, 1.82) is 0 Å². The zero-order chi connectivity index (χ0) is 16.8. The van der Waals surface area contributed by atoms with Gasteiger partial charge >= 0.3 is 6.09 Å². The van der Waals surface area contributed by atoms with Gasteiger partial charge in [0.05, 0.1) is 13.2 Å². The molecular weight excluding hydrogens is 290 g/mol. The number of hydrogen-bond acceptors (Lipinski definition) is 6. The maximum atomic E-state index is 12.2. The fourth-order valence-electron chi connectivity index (χ4n) is 2.09. The number of rotatable bonds is 6. The number of ether oxygens (including phenoxy) is 4. The Kier molecular flexibility index (Phi) is 7.25. The zero-order valence-electron chi connectivity index (χ0n) is 14.1. The lowest BCUT2D eigenvalue weighted by atomic mass is 10.1. The van der Waals surface area contributed by atoms with E-state index in [-0.39, 0.29) is 18.7 Å². The number of ketones is 1. The summed E-state index contributed by atoms with van der Waals surface area (Å²) in [6.45, 7) is 6.40. The molecule has 1 fully saturated rings. The van der Waals surface area contributed by atoms with Crippen molar-refractivity contribution in [1.82, 2.24) is 4.90 Å². The molecule has 0 aromatic heterocycles. The molecule has 128 valence electrons. The second kappa shape index (κ2) is 8.45. The van der Waals surface area contributed by atoms with Crippen LogP contribution in [0.15, 0.2) is 0 Å². The monoisotopic (exact) mass is 317 g/mol. The van der Waals surface area contributed by atoms with Crippen molar-refractivity contribution in [2.24, 2.45) is 0 Å². The molecule has 1 aliphatic rings. The van der Waals surface area contributed by atoms with Crippen molar-refractivity contribution in [3.63, 3.8) is 0 Å². The van der Waals surface area contributed by atoms with Gasteiger partial charge in [0.1, 0.15) is 11.7 Å². The summed E-state index contributed by atoms with van der Waals surface area (Å²) in [4.78, 5) is 25.7. The Morgan fingerprint density at radius 2 is 1.91 bits per heavy atom. The highest BCUT2D eigenvalue weighted by Gasteiger charge is 2.31. The SMILES string of the molecule is COC(CCC(=O)[C@H]1CN(C(=O)OC(C)(C)C)CCO1)OC. The predicted molar refractivity (Wildman–Crippen MR) is 79.6 cm³/mol. The highest BCUT2D eigenvalue weighted by atomic mass is 16.7. The first-order valence-corrected chi connectivity index (χ1v) is 7.44. The maximum absolute atomic E-state index is 12.2. The first-order valence-electron chi connectivity index (χ1n) is 7.44. The second-order valence-electron chi connectivity index (χ2n) is 6.19. The first-order chi connectivity index (χ1) is 10.3. The molecule has 7 nitrogen and oxygen atoms in total. The molecule has 0 unspecified atom stereocenters. The maximum Gasteiger partial charge on any atom is 0.410 e. The highest BCUT2D eigenvalue weighted by molar-refractivity contribution is 5.84. The van der Waals surface area contributed by atoms with Gasteiger partial charge in [0, 0.05) is 33.6 Å². The quantitative estimate of drug-likeness (QED) is 0.693. The summed E-state index contributed by atoms with van der Waals surface area (Å²) < 4.78 is 20.9. The Hall–Kier alpha value is -1.18. The lowest BCUT2D eigenvalue weighted by Gasteiger charge is -2.33. The number of nitrogens with zero attached hydrogens (tertiary/aromatic N) is 1. The molecular formula is C15H27NO6. The molecule has 1 amide bonds. The Morgan fingerprint density at radius 1 is 1.27 bits per heavy atom. The summed E-state index contributed by atoms with van der Waals surface area (Å²) >= 11 is 0. The Labute approximate surface area is 131 Å². The van der Waals surface area contributed by atoms with Gasteiger partial charge < -0.3 is 23.8 Å². The standard InChI is InChI=1S/C15H27NO6/c1-15(2,3)22-14(18)16-8-9-21-12(10-16)11(17)6-7-13(19-4)20-5/h12-13H,6-10H2,1-5H3/t12-/m1/s1. The molecule has 0 aromatic carbocycles. The Bertz CT molecular complexity index is 375. The Morgan fingerprint density at radius 3 is 2.45 bits per heavy atom. The minimum absolute atomic E-state index is 0.0626. The number of morpholine rings is 1. The summed E-state index contributed by atoms with van der Waals surface area (Å²) in [5.41, 5.74) is -0.557. The van der Waals surface area contributed by atoms with E-state index in [1.807, 2.05) is 20.8 Å². The molecule has 22 heavy (non-hydrogen) atoms. The van der Waals surface area contributed by atoms with Gasteiger partial charge in [-0.2, -0.15) is 0 Å². The lowest BCUT2D eigenvalue weighted by Crippen LogP contribution is -2.50. The third kappa shape index (κ3) is 6.29. The fourth-order valence-corrected chi connectivity index (χ4v) is 2.09. The van der Waals surface area contributed by atoms with E-state index >= 15 is 0 Å². The van der Waals surface area contributed by atoms with Crippen LogP contribution >= 0.6 is 0 Å². The van der Waals surface area contributed by atoms with Crippen LogP contribution in [0.5, 0.6) is 0 Å². The molecule has 0 radical (unpaired) electrons. The number of amides is 1. The average Bonchev–Trinajstić information content (AvgIpc) is 2.46. The Balaban J connectivity index is 2.48.